The van der Waals surface area contributed by atoms with Crippen molar-refractivity contribution < 1.29 is 9.59 Å². The maximum absolute atomic E-state index is 12.7. The molecule has 0 saturated carbocycles. The minimum Gasteiger partial charge on any atom is -0.338 e. The van der Waals surface area contributed by atoms with Gasteiger partial charge in [0, 0.05) is 49.1 Å². The van der Waals surface area contributed by atoms with E-state index in [-0.39, 0.29) is 18.0 Å². The van der Waals surface area contributed by atoms with Crippen LogP contribution in [0.3, 0.4) is 0 Å². The fourth-order valence-corrected chi connectivity index (χ4v) is 4.74. The highest BCUT2D eigenvalue weighted by Crippen LogP contribution is 2.31. The normalized spacial score (nSPS) is 14.3. The van der Waals surface area contributed by atoms with E-state index in [2.05, 4.69) is 10.3 Å². The first-order chi connectivity index (χ1) is 15.0. The number of hydrogen-bond acceptors (Lipinski definition) is 4. The fourth-order valence-electron chi connectivity index (χ4n) is 3.69. The molecule has 1 aliphatic rings. The molecular formula is C23H23ClN4O2S. The highest BCUT2D eigenvalue weighted by atomic mass is 35.5. The van der Waals surface area contributed by atoms with Crippen LogP contribution < -0.4 is 5.32 Å². The molecule has 1 saturated heterocycles. The third-order valence-electron chi connectivity index (χ3n) is 5.52. The number of piperidine rings is 1. The molecule has 8 heteroatoms. The Bertz CT molecular complexity index is 1050. The average Bonchev–Trinajstić information content (AvgIpc) is 3.25. The number of urea groups is 1. The van der Waals surface area contributed by atoms with Crippen molar-refractivity contribution in [1.82, 2.24) is 14.8 Å². The Labute approximate surface area is 190 Å². The molecule has 0 unspecified atom stereocenters. The Morgan fingerprint density at radius 2 is 1.87 bits per heavy atom. The van der Waals surface area contributed by atoms with Crippen LogP contribution in [-0.4, -0.2) is 52.9 Å². The molecule has 6 nitrogen and oxygen atoms in total. The van der Waals surface area contributed by atoms with Gasteiger partial charge in [-0.1, -0.05) is 23.7 Å². The first kappa shape index (κ1) is 21.3. The van der Waals surface area contributed by atoms with Gasteiger partial charge in [-0.15, -0.1) is 11.3 Å². The molecule has 4 rings (SSSR count). The van der Waals surface area contributed by atoms with E-state index in [4.69, 9.17) is 11.6 Å². The van der Waals surface area contributed by atoms with Crippen molar-refractivity contribution >= 4 is 40.6 Å². The van der Waals surface area contributed by atoms with Gasteiger partial charge in [0.05, 0.1) is 9.90 Å². The summed E-state index contributed by atoms with van der Waals surface area (Å²) < 4.78 is 0.752. The van der Waals surface area contributed by atoms with Gasteiger partial charge < -0.3 is 15.1 Å². The molecule has 2 aromatic heterocycles. The van der Waals surface area contributed by atoms with E-state index in [1.54, 1.807) is 36.5 Å². The van der Waals surface area contributed by atoms with Crippen LogP contribution in [0.15, 0.2) is 60.9 Å². The Morgan fingerprint density at radius 1 is 1.13 bits per heavy atom. The molecule has 1 N–H and O–H groups in total. The molecule has 1 aliphatic heterocycles. The summed E-state index contributed by atoms with van der Waals surface area (Å²) in [5.74, 6) is -0.00854. The van der Waals surface area contributed by atoms with Crippen LogP contribution >= 0.6 is 22.9 Å². The number of benzene rings is 1. The lowest BCUT2D eigenvalue weighted by Crippen LogP contribution is -2.48. The van der Waals surface area contributed by atoms with Gasteiger partial charge in [-0.2, -0.15) is 0 Å². The molecule has 0 spiro atoms. The van der Waals surface area contributed by atoms with Crippen molar-refractivity contribution in [2.75, 3.05) is 25.5 Å². The van der Waals surface area contributed by atoms with Gasteiger partial charge in [0.2, 0.25) is 0 Å². The summed E-state index contributed by atoms with van der Waals surface area (Å²) in [6, 6.07) is 15.1. The van der Waals surface area contributed by atoms with Crippen LogP contribution in [0, 0.1) is 0 Å². The first-order valence-corrected chi connectivity index (χ1v) is 11.3. The number of carbonyl (C=O) groups is 2. The molecule has 3 amide bonds. The number of nitrogens with zero attached hydrogens (tertiary/aromatic N) is 3. The van der Waals surface area contributed by atoms with Crippen molar-refractivity contribution in [1.29, 1.82) is 0 Å². The number of thiophene rings is 1. The third kappa shape index (κ3) is 5.06. The lowest BCUT2D eigenvalue weighted by molar-refractivity contribution is 0.0671. The van der Waals surface area contributed by atoms with Crippen LogP contribution in [0.5, 0.6) is 0 Å². The largest absolute Gasteiger partial charge is 0.338 e. The second-order valence-electron chi connectivity index (χ2n) is 7.49. The number of aromatic nitrogens is 1. The Morgan fingerprint density at radius 3 is 2.48 bits per heavy atom. The molecule has 3 aromatic rings. The minimum atomic E-state index is -0.149. The van der Waals surface area contributed by atoms with E-state index >= 15 is 0 Å². The number of carbonyl (C=O) groups excluding carboxylic acids is 2. The maximum Gasteiger partial charge on any atom is 0.321 e. The first-order valence-electron chi connectivity index (χ1n) is 10.1. The molecule has 31 heavy (non-hydrogen) atoms. The van der Waals surface area contributed by atoms with E-state index in [1.807, 2.05) is 41.3 Å². The number of halogens is 1. The van der Waals surface area contributed by atoms with Crippen LogP contribution in [0.25, 0.3) is 10.4 Å². The summed E-state index contributed by atoms with van der Waals surface area (Å²) >= 11 is 7.53. The zero-order chi connectivity index (χ0) is 21.8. The lowest BCUT2D eigenvalue weighted by atomic mass is 10.0. The number of pyridine rings is 1. The molecule has 3 heterocycles. The van der Waals surface area contributed by atoms with Crippen molar-refractivity contribution in [3.8, 4) is 10.4 Å². The molecule has 160 valence electrons. The standard InChI is InChI=1S/C23H23ClN4O2S/c1-27(19-10-13-28(14-11-19)22(29)17-3-2-12-25-15-17)23(30)26-18-6-4-16(5-7-18)20-8-9-21(24)31-20/h2-9,12,15,19H,10-11,13-14H2,1H3,(H,26,30). The van der Waals surface area contributed by atoms with Crippen LogP contribution in [0.2, 0.25) is 4.34 Å². The summed E-state index contributed by atoms with van der Waals surface area (Å²) in [4.78, 5) is 34.0. The van der Waals surface area contributed by atoms with E-state index in [9.17, 15) is 9.59 Å². The van der Waals surface area contributed by atoms with E-state index < -0.39 is 0 Å². The van der Waals surface area contributed by atoms with E-state index in [1.165, 1.54) is 11.3 Å². The molecule has 0 aliphatic carbocycles. The minimum absolute atomic E-state index is 0.00854. The van der Waals surface area contributed by atoms with Gasteiger partial charge in [-0.3, -0.25) is 9.78 Å². The van der Waals surface area contributed by atoms with E-state index in [0.717, 1.165) is 33.3 Å². The van der Waals surface area contributed by atoms with Crippen molar-refractivity contribution in [2.24, 2.45) is 0 Å². The zero-order valence-electron chi connectivity index (χ0n) is 17.1. The molecule has 0 radical (unpaired) electrons. The summed E-state index contributed by atoms with van der Waals surface area (Å²) in [6.07, 6.45) is 4.73. The number of anilines is 1. The summed E-state index contributed by atoms with van der Waals surface area (Å²) in [7, 11) is 1.81. The van der Waals surface area contributed by atoms with Gasteiger partial charge >= 0.3 is 6.03 Å². The van der Waals surface area contributed by atoms with Crippen molar-refractivity contribution in [3.63, 3.8) is 0 Å². The zero-order valence-corrected chi connectivity index (χ0v) is 18.7. The summed E-state index contributed by atoms with van der Waals surface area (Å²) in [5, 5.41) is 2.96. The molecule has 1 fully saturated rings. The quantitative estimate of drug-likeness (QED) is 0.586. The average molecular weight is 455 g/mol. The molecular weight excluding hydrogens is 432 g/mol. The van der Waals surface area contributed by atoms with Crippen molar-refractivity contribution in [2.45, 2.75) is 18.9 Å². The van der Waals surface area contributed by atoms with Gasteiger partial charge in [-0.25, -0.2) is 4.79 Å². The van der Waals surface area contributed by atoms with Gasteiger partial charge in [0.1, 0.15) is 0 Å². The second-order valence-corrected chi connectivity index (χ2v) is 9.20. The monoisotopic (exact) mass is 454 g/mol. The lowest BCUT2D eigenvalue weighted by Gasteiger charge is -2.36. The fraction of sp³-hybridized carbons (Fsp3) is 0.261. The van der Waals surface area contributed by atoms with Crippen molar-refractivity contribution in [3.05, 3.63) is 70.8 Å². The Balaban J connectivity index is 1.30. The molecule has 0 atom stereocenters. The predicted molar refractivity (Wildman–Crippen MR) is 125 cm³/mol. The van der Waals surface area contributed by atoms with Gasteiger partial charge in [-0.05, 0) is 54.8 Å². The number of amides is 3. The molecule has 1 aromatic carbocycles. The molecule has 0 bridgehead atoms. The Hall–Kier alpha value is -2.90. The van der Waals surface area contributed by atoms with Gasteiger partial charge in [0.15, 0.2) is 0 Å². The van der Waals surface area contributed by atoms with Crippen LogP contribution in [-0.2, 0) is 0 Å². The highest BCUT2D eigenvalue weighted by Gasteiger charge is 2.28. The maximum atomic E-state index is 12.7. The van der Waals surface area contributed by atoms with Crippen LogP contribution in [0.1, 0.15) is 23.2 Å². The summed E-state index contributed by atoms with van der Waals surface area (Å²) in [5.41, 5.74) is 2.40. The van der Waals surface area contributed by atoms with Crippen LogP contribution in [0.4, 0.5) is 10.5 Å². The third-order valence-corrected chi connectivity index (χ3v) is 6.80. The predicted octanol–water partition coefficient (Wildman–Crippen LogP) is 5.23. The number of likely N-dealkylation sites (tertiary alicyclic amines) is 1. The second kappa shape index (κ2) is 9.49. The number of nitrogens with one attached hydrogen (secondary N) is 1. The van der Waals surface area contributed by atoms with Gasteiger partial charge in [0.25, 0.3) is 5.91 Å². The Kier molecular flexibility index (Phi) is 6.53. The highest BCUT2D eigenvalue weighted by molar-refractivity contribution is 7.19. The van der Waals surface area contributed by atoms with E-state index in [0.29, 0.717) is 18.7 Å². The summed E-state index contributed by atoms with van der Waals surface area (Å²) in [6.45, 7) is 1.24. The smallest absolute Gasteiger partial charge is 0.321 e. The SMILES string of the molecule is CN(C(=O)Nc1ccc(-c2ccc(Cl)s2)cc1)C1CCN(C(=O)c2cccnc2)CC1. The number of rotatable bonds is 4. The topological polar surface area (TPSA) is 65.5 Å². The number of hydrogen-bond donors (Lipinski definition) is 1.